The highest BCUT2D eigenvalue weighted by Crippen LogP contribution is 2.27. The lowest BCUT2D eigenvalue weighted by atomic mass is 10.1. The molecule has 3 aromatic carbocycles. The maximum atomic E-state index is 12.8. The fourth-order valence-corrected chi connectivity index (χ4v) is 4.91. The Bertz CT molecular complexity index is 1200. The number of carbonyl (C=O) groups excluding carboxylic acids is 1. The van der Waals surface area contributed by atoms with E-state index in [-0.39, 0.29) is 5.91 Å². The number of nitrogens with zero attached hydrogens (tertiary/aromatic N) is 1. The molecule has 0 aromatic heterocycles. The van der Waals surface area contributed by atoms with E-state index in [0.29, 0.717) is 36.8 Å². The Hall–Kier alpha value is -3.52. The van der Waals surface area contributed by atoms with E-state index < -0.39 is 16.1 Å². The third kappa shape index (κ3) is 7.48. The third-order valence-electron chi connectivity index (χ3n) is 5.35. The van der Waals surface area contributed by atoms with Gasteiger partial charge in [0.2, 0.25) is 15.9 Å². The Morgan fingerprint density at radius 1 is 0.943 bits per heavy atom. The molecule has 0 aliphatic heterocycles. The molecule has 0 aliphatic rings. The summed E-state index contributed by atoms with van der Waals surface area (Å²) in [7, 11) is -3.70. The van der Waals surface area contributed by atoms with Crippen LogP contribution in [0.3, 0.4) is 0 Å². The molecule has 0 saturated carbocycles. The van der Waals surface area contributed by atoms with Crippen molar-refractivity contribution >= 4 is 21.6 Å². The largest absolute Gasteiger partial charge is 0.494 e. The summed E-state index contributed by atoms with van der Waals surface area (Å²) < 4.78 is 37.7. The number of anilines is 1. The van der Waals surface area contributed by atoms with Gasteiger partial charge in [0, 0.05) is 6.54 Å². The van der Waals surface area contributed by atoms with Crippen LogP contribution in [0.5, 0.6) is 17.2 Å². The van der Waals surface area contributed by atoms with Crippen LogP contribution in [0.25, 0.3) is 0 Å². The number of nitrogens with one attached hydrogen (secondary N) is 1. The molecule has 0 spiro atoms. The van der Waals surface area contributed by atoms with Gasteiger partial charge < -0.3 is 14.8 Å². The lowest BCUT2D eigenvalue weighted by molar-refractivity contribution is -0.121. The van der Waals surface area contributed by atoms with Crippen molar-refractivity contribution in [3.05, 3.63) is 84.4 Å². The van der Waals surface area contributed by atoms with Gasteiger partial charge in [-0.05, 0) is 74.7 Å². The lowest BCUT2D eigenvalue weighted by Crippen LogP contribution is -2.48. The molecule has 1 unspecified atom stereocenters. The molecule has 3 rings (SSSR count). The predicted molar refractivity (Wildman–Crippen MR) is 139 cm³/mol. The van der Waals surface area contributed by atoms with Gasteiger partial charge in [-0.15, -0.1) is 0 Å². The molecule has 0 aliphatic carbocycles. The fraction of sp³-hybridized carbons (Fsp3) is 0.296. The molecule has 0 heterocycles. The monoisotopic (exact) mass is 496 g/mol. The van der Waals surface area contributed by atoms with Crippen molar-refractivity contribution in [2.45, 2.75) is 32.7 Å². The van der Waals surface area contributed by atoms with Crippen LogP contribution in [0.4, 0.5) is 5.69 Å². The van der Waals surface area contributed by atoms with Crippen LogP contribution in [0.2, 0.25) is 0 Å². The molecule has 0 radical (unpaired) electrons. The van der Waals surface area contributed by atoms with E-state index in [1.54, 1.807) is 31.2 Å². The van der Waals surface area contributed by atoms with Crippen LogP contribution in [0.15, 0.2) is 78.9 Å². The third-order valence-corrected chi connectivity index (χ3v) is 6.59. The van der Waals surface area contributed by atoms with Gasteiger partial charge in [-0.25, -0.2) is 8.42 Å². The summed E-state index contributed by atoms with van der Waals surface area (Å²) in [6, 6.07) is 22.8. The fourth-order valence-electron chi connectivity index (χ4n) is 3.74. The van der Waals surface area contributed by atoms with E-state index in [1.165, 1.54) is 0 Å². The van der Waals surface area contributed by atoms with Crippen LogP contribution in [-0.2, 0) is 21.2 Å². The maximum Gasteiger partial charge on any atom is 0.243 e. The molecular formula is C27H32N2O5S. The number of aryl methyl sites for hydroxylation is 1. The number of carbonyl (C=O) groups is 1. The maximum absolute atomic E-state index is 12.8. The minimum absolute atomic E-state index is 0.363. The Balaban J connectivity index is 1.61. The minimum Gasteiger partial charge on any atom is -0.494 e. The van der Waals surface area contributed by atoms with Crippen molar-refractivity contribution in [2.75, 3.05) is 23.7 Å². The number of hydrogen-bond donors (Lipinski definition) is 1. The smallest absolute Gasteiger partial charge is 0.243 e. The van der Waals surface area contributed by atoms with E-state index in [2.05, 4.69) is 5.32 Å². The molecule has 186 valence electrons. The Labute approximate surface area is 207 Å². The van der Waals surface area contributed by atoms with E-state index >= 15 is 0 Å². The number of ether oxygens (including phenoxy) is 2. The first kappa shape index (κ1) is 26.1. The van der Waals surface area contributed by atoms with Crippen LogP contribution in [0.1, 0.15) is 25.8 Å². The van der Waals surface area contributed by atoms with Gasteiger partial charge in [-0.2, -0.15) is 0 Å². The Morgan fingerprint density at radius 2 is 1.57 bits per heavy atom. The zero-order chi connectivity index (χ0) is 25.3. The van der Waals surface area contributed by atoms with Crippen molar-refractivity contribution in [3.8, 4) is 17.2 Å². The number of para-hydroxylation sites is 2. The van der Waals surface area contributed by atoms with Gasteiger partial charge in [0.1, 0.15) is 23.3 Å². The summed E-state index contributed by atoms with van der Waals surface area (Å²) in [4.78, 5) is 12.8. The summed E-state index contributed by atoms with van der Waals surface area (Å²) in [5, 5.41) is 2.86. The summed E-state index contributed by atoms with van der Waals surface area (Å²) >= 11 is 0. The first-order chi connectivity index (χ1) is 16.8. The zero-order valence-corrected chi connectivity index (χ0v) is 21.1. The van der Waals surface area contributed by atoms with E-state index in [9.17, 15) is 13.2 Å². The van der Waals surface area contributed by atoms with Gasteiger partial charge in [0.05, 0.1) is 18.6 Å². The number of amides is 1. The SMILES string of the molecule is CCOc1ccccc1CCCNC(=O)C(C)N(c1ccc(Oc2ccccc2)cc1)S(C)(=O)=O. The van der Waals surface area contributed by atoms with Crippen molar-refractivity contribution < 1.29 is 22.7 Å². The average molecular weight is 497 g/mol. The highest BCUT2D eigenvalue weighted by atomic mass is 32.2. The number of benzene rings is 3. The molecule has 1 atom stereocenters. The molecule has 0 bridgehead atoms. The van der Waals surface area contributed by atoms with Gasteiger partial charge in [0.25, 0.3) is 0 Å². The zero-order valence-electron chi connectivity index (χ0n) is 20.3. The topological polar surface area (TPSA) is 84.9 Å². The number of hydrogen-bond acceptors (Lipinski definition) is 5. The highest BCUT2D eigenvalue weighted by molar-refractivity contribution is 7.92. The van der Waals surface area contributed by atoms with Crippen molar-refractivity contribution in [2.24, 2.45) is 0 Å². The average Bonchev–Trinajstić information content (AvgIpc) is 2.84. The Kier molecular flexibility index (Phi) is 9.14. The highest BCUT2D eigenvalue weighted by Gasteiger charge is 2.29. The standard InChI is InChI=1S/C27H32N2O5S/c1-4-33-26-15-9-8-11-22(26)12-10-20-28-27(30)21(2)29(35(3,31)32)23-16-18-25(19-17-23)34-24-13-6-5-7-14-24/h5-9,11,13-19,21H,4,10,12,20H2,1-3H3,(H,28,30). The predicted octanol–water partition coefficient (Wildman–Crippen LogP) is 4.78. The molecule has 1 N–H and O–H groups in total. The first-order valence-corrected chi connectivity index (χ1v) is 13.4. The second-order valence-corrected chi connectivity index (χ2v) is 9.94. The second kappa shape index (κ2) is 12.3. The molecular weight excluding hydrogens is 464 g/mol. The van der Waals surface area contributed by atoms with Crippen LogP contribution >= 0.6 is 0 Å². The normalized spacial score (nSPS) is 12.0. The molecule has 3 aromatic rings. The van der Waals surface area contributed by atoms with Gasteiger partial charge in [-0.3, -0.25) is 9.10 Å². The van der Waals surface area contributed by atoms with Gasteiger partial charge in [0.15, 0.2) is 0 Å². The van der Waals surface area contributed by atoms with Crippen LogP contribution in [-0.4, -0.2) is 39.8 Å². The van der Waals surface area contributed by atoms with E-state index in [0.717, 1.165) is 28.3 Å². The molecule has 8 heteroatoms. The summed E-state index contributed by atoms with van der Waals surface area (Å²) in [6.45, 7) is 4.53. The molecule has 7 nitrogen and oxygen atoms in total. The molecule has 0 fully saturated rings. The van der Waals surface area contributed by atoms with Gasteiger partial charge in [-0.1, -0.05) is 36.4 Å². The summed E-state index contributed by atoms with van der Waals surface area (Å²) in [5.74, 6) is 1.73. The van der Waals surface area contributed by atoms with Crippen molar-refractivity contribution in [1.29, 1.82) is 0 Å². The molecule has 35 heavy (non-hydrogen) atoms. The van der Waals surface area contributed by atoms with E-state index in [4.69, 9.17) is 9.47 Å². The number of rotatable bonds is 12. The summed E-state index contributed by atoms with van der Waals surface area (Å²) in [5.41, 5.74) is 1.47. The quantitative estimate of drug-likeness (QED) is 0.365. The molecule has 0 saturated heterocycles. The number of sulfonamides is 1. The second-order valence-electron chi connectivity index (χ2n) is 8.08. The van der Waals surface area contributed by atoms with Crippen molar-refractivity contribution in [3.63, 3.8) is 0 Å². The Morgan fingerprint density at radius 3 is 2.23 bits per heavy atom. The van der Waals surface area contributed by atoms with Crippen molar-refractivity contribution in [1.82, 2.24) is 5.32 Å². The lowest BCUT2D eigenvalue weighted by Gasteiger charge is -2.28. The van der Waals surface area contributed by atoms with Crippen LogP contribution < -0.4 is 19.1 Å². The summed E-state index contributed by atoms with van der Waals surface area (Å²) in [6.07, 6.45) is 2.53. The first-order valence-electron chi connectivity index (χ1n) is 11.6. The van der Waals surface area contributed by atoms with E-state index in [1.807, 2.05) is 61.5 Å². The molecule has 1 amide bonds. The van der Waals surface area contributed by atoms with Gasteiger partial charge >= 0.3 is 0 Å². The minimum atomic E-state index is -3.70. The van der Waals surface area contributed by atoms with Crippen LogP contribution in [0, 0.1) is 0 Å².